The number of primary amides is 1. The topological polar surface area (TPSA) is 66.6 Å². The molecule has 2 amide bonds. The molecule has 2 aliphatic heterocycles. The molecular weight excluding hydrogens is 529 g/mol. The van der Waals surface area contributed by atoms with Crippen molar-refractivity contribution in [1.29, 1.82) is 0 Å². The van der Waals surface area contributed by atoms with Crippen LogP contribution in [0.5, 0.6) is 0 Å². The van der Waals surface area contributed by atoms with E-state index in [9.17, 15) is 9.59 Å². The Balaban J connectivity index is 1.50. The van der Waals surface area contributed by atoms with Crippen molar-refractivity contribution in [1.82, 2.24) is 9.80 Å². The molecule has 4 rings (SSSR count). The molecule has 1 unspecified atom stereocenters. The molecule has 0 radical (unpaired) electrons. The normalized spacial score (nSPS) is 21.2. The molecule has 2 fully saturated rings. The smallest absolute Gasteiger partial charge is 0.227 e. The van der Waals surface area contributed by atoms with Gasteiger partial charge < -0.3 is 15.5 Å². The minimum atomic E-state index is -0.479. The number of amides is 2. The van der Waals surface area contributed by atoms with Gasteiger partial charge in [0.1, 0.15) is 0 Å². The van der Waals surface area contributed by atoms with Crippen LogP contribution >= 0.6 is 23.2 Å². The molecule has 39 heavy (non-hydrogen) atoms. The highest BCUT2D eigenvalue weighted by molar-refractivity contribution is 6.42. The second kappa shape index (κ2) is 12.2. The number of hydrogen-bond acceptors (Lipinski definition) is 3. The second-order valence-corrected chi connectivity index (χ2v) is 13.3. The molecule has 0 aliphatic carbocycles. The van der Waals surface area contributed by atoms with E-state index >= 15 is 0 Å². The van der Waals surface area contributed by atoms with Gasteiger partial charge in [-0.25, -0.2) is 0 Å². The Kier molecular flexibility index (Phi) is 9.35. The van der Waals surface area contributed by atoms with Gasteiger partial charge in [0.05, 0.1) is 16.5 Å². The molecule has 0 bridgehead atoms. The van der Waals surface area contributed by atoms with Gasteiger partial charge >= 0.3 is 0 Å². The first-order valence-corrected chi connectivity index (χ1v) is 15.0. The maximum absolute atomic E-state index is 13.6. The molecule has 2 heterocycles. The first-order valence-electron chi connectivity index (χ1n) is 14.2. The van der Waals surface area contributed by atoms with Crippen LogP contribution < -0.4 is 5.73 Å². The summed E-state index contributed by atoms with van der Waals surface area (Å²) >= 11 is 12.8. The predicted octanol–water partition coefficient (Wildman–Crippen LogP) is 6.33. The largest absolute Gasteiger partial charge is 0.369 e. The van der Waals surface area contributed by atoms with Crippen LogP contribution in [-0.4, -0.2) is 54.3 Å². The molecule has 5 nitrogen and oxygen atoms in total. The third-order valence-electron chi connectivity index (χ3n) is 9.25. The van der Waals surface area contributed by atoms with Crippen molar-refractivity contribution in [3.8, 4) is 0 Å². The molecule has 2 N–H and O–H groups in total. The molecule has 0 saturated carbocycles. The van der Waals surface area contributed by atoms with Gasteiger partial charge in [-0.1, -0.05) is 72.4 Å². The van der Waals surface area contributed by atoms with E-state index in [0.717, 1.165) is 69.4 Å². The number of benzene rings is 2. The van der Waals surface area contributed by atoms with Gasteiger partial charge in [0.2, 0.25) is 11.8 Å². The van der Waals surface area contributed by atoms with Gasteiger partial charge in [-0.05, 0) is 94.8 Å². The quantitative estimate of drug-likeness (QED) is 0.402. The van der Waals surface area contributed by atoms with Gasteiger partial charge in [0.15, 0.2) is 0 Å². The van der Waals surface area contributed by atoms with Crippen LogP contribution in [0.2, 0.25) is 10.0 Å². The summed E-state index contributed by atoms with van der Waals surface area (Å²) in [7, 11) is 0. The van der Waals surface area contributed by atoms with Crippen molar-refractivity contribution >= 4 is 35.0 Å². The average Bonchev–Trinajstić information content (AvgIpc) is 2.88. The van der Waals surface area contributed by atoms with Gasteiger partial charge in [-0.2, -0.15) is 0 Å². The summed E-state index contributed by atoms with van der Waals surface area (Å²) in [6.45, 7) is 12.4. The van der Waals surface area contributed by atoms with Crippen LogP contribution in [0.15, 0.2) is 36.4 Å². The summed E-state index contributed by atoms with van der Waals surface area (Å²) in [4.78, 5) is 30.1. The van der Waals surface area contributed by atoms with Gasteiger partial charge in [0, 0.05) is 23.9 Å². The van der Waals surface area contributed by atoms with Crippen LogP contribution in [0, 0.1) is 25.2 Å². The summed E-state index contributed by atoms with van der Waals surface area (Å²) in [6, 6.07) is 12.3. The minimum absolute atomic E-state index is 0.179. The molecule has 2 aliphatic rings. The zero-order valence-electron chi connectivity index (χ0n) is 23.9. The van der Waals surface area contributed by atoms with E-state index < -0.39 is 5.41 Å². The fourth-order valence-electron chi connectivity index (χ4n) is 6.66. The maximum atomic E-state index is 13.6. The van der Waals surface area contributed by atoms with Gasteiger partial charge in [0.25, 0.3) is 0 Å². The van der Waals surface area contributed by atoms with E-state index in [1.807, 2.05) is 26.0 Å². The summed E-state index contributed by atoms with van der Waals surface area (Å²) in [5.74, 6) is 0.272. The number of nitrogens with zero attached hydrogens (tertiary/aromatic N) is 2. The van der Waals surface area contributed by atoms with E-state index in [1.165, 1.54) is 11.1 Å². The van der Waals surface area contributed by atoms with Crippen molar-refractivity contribution in [3.63, 3.8) is 0 Å². The molecule has 0 aromatic heterocycles. The minimum Gasteiger partial charge on any atom is -0.369 e. The first-order chi connectivity index (χ1) is 18.4. The van der Waals surface area contributed by atoms with Gasteiger partial charge in [-0.15, -0.1) is 0 Å². The molecule has 0 spiro atoms. The van der Waals surface area contributed by atoms with E-state index in [2.05, 4.69) is 47.9 Å². The lowest BCUT2D eigenvalue weighted by Gasteiger charge is -2.45. The Hall–Kier alpha value is -2.08. The summed E-state index contributed by atoms with van der Waals surface area (Å²) in [5.41, 5.74) is 9.63. The van der Waals surface area contributed by atoms with E-state index in [1.54, 1.807) is 0 Å². The molecule has 2 aromatic rings. The van der Waals surface area contributed by atoms with Crippen LogP contribution in [0.3, 0.4) is 0 Å². The summed E-state index contributed by atoms with van der Waals surface area (Å²) in [6.07, 6.45) is 5.24. The van der Waals surface area contributed by atoms with E-state index in [-0.39, 0.29) is 17.2 Å². The molecule has 7 heteroatoms. The van der Waals surface area contributed by atoms with Crippen LogP contribution in [0.1, 0.15) is 68.2 Å². The lowest BCUT2D eigenvalue weighted by atomic mass is 9.71. The van der Waals surface area contributed by atoms with Crippen molar-refractivity contribution in [2.75, 3.05) is 32.7 Å². The third kappa shape index (κ3) is 6.99. The SMILES string of the molecule is Cc1cc(C)cc(CC(=O)N2CCCC(CCN3CCC(C(C)(C)C(N)=O)CC3)(c3ccc(Cl)c(Cl)c3)C2)c1. The zero-order valence-corrected chi connectivity index (χ0v) is 25.4. The number of rotatable bonds is 8. The standard InChI is InChI=1S/C32H43Cl2N3O2/c1-22-16-23(2)18-24(17-22)19-29(38)37-12-5-10-32(21-37,26-6-7-27(33)28(34)20-26)11-15-36-13-8-25(9-14-36)31(3,4)30(35)39/h6-7,16-18,20,25H,5,8-15,19,21H2,1-4H3,(H2,35,39). The van der Waals surface area contributed by atoms with E-state index in [0.29, 0.717) is 28.9 Å². The Morgan fingerprint density at radius 1 is 1.00 bits per heavy atom. The molecular formula is C32H43Cl2N3O2. The summed E-state index contributed by atoms with van der Waals surface area (Å²) < 4.78 is 0. The number of carbonyl (C=O) groups excluding carboxylic acids is 2. The monoisotopic (exact) mass is 571 g/mol. The summed E-state index contributed by atoms with van der Waals surface area (Å²) in [5, 5.41) is 1.11. The van der Waals surface area contributed by atoms with Crippen molar-refractivity contribution < 1.29 is 9.59 Å². The average molecular weight is 573 g/mol. The highest BCUT2D eigenvalue weighted by Crippen LogP contribution is 2.41. The Bertz CT molecular complexity index is 1190. The molecule has 2 saturated heterocycles. The second-order valence-electron chi connectivity index (χ2n) is 12.5. The Labute approximate surface area is 244 Å². The molecule has 1 atom stereocenters. The lowest BCUT2D eigenvalue weighted by Crippen LogP contribution is -2.51. The van der Waals surface area contributed by atoms with Crippen LogP contribution in [0.4, 0.5) is 0 Å². The number of nitrogens with two attached hydrogens (primary N) is 1. The number of hydrogen-bond donors (Lipinski definition) is 1. The van der Waals surface area contributed by atoms with Crippen LogP contribution in [0.25, 0.3) is 0 Å². The van der Waals surface area contributed by atoms with Crippen molar-refractivity contribution in [2.45, 2.75) is 71.6 Å². The number of likely N-dealkylation sites (tertiary alicyclic amines) is 2. The van der Waals surface area contributed by atoms with Crippen molar-refractivity contribution in [2.24, 2.45) is 17.1 Å². The molecule has 2 aromatic carbocycles. The number of piperidine rings is 2. The van der Waals surface area contributed by atoms with Gasteiger partial charge in [-0.3, -0.25) is 9.59 Å². The number of halogens is 2. The Morgan fingerprint density at radius 2 is 1.67 bits per heavy atom. The predicted molar refractivity (Wildman–Crippen MR) is 160 cm³/mol. The molecule has 212 valence electrons. The fraction of sp³-hybridized carbons (Fsp3) is 0.562. The zero-order chi connectivity index (χ0) is 28.4. The third-order valence-corrected chi connectivity index (χ3v) is 9.99. The van der Waals surface area contributed by atoms with Crippen molar-refractivity contribution in [3.05, 3.63) is 68.7 Å². The number of aryl methyl sites for hydroxylation is 2. The number of carbonyl (C=O) groups is 2. The fourth-order valence-corrected chi connectivity index (χ4v) is 6.96. The maximum Gasteiger partial charge on any atom is 0.227 e. The Morgan fingerprint density at radius 3 is 2.28 bits per heavy atom. The highest BCUT2D eigenvalue weighted by Gasteiger charge is 2.41. The highest BCUT2D eigenvalue weighted by atomic mass is 35.5. The van der Waals surface area contributed by atoms with Crippen LogP contribution in [-0.2, 0) is 21.4 Å². The first kappa shape index (κ1) is 29.9. The lowest BCUT2D eigenvalue weighted by molar-refractivity contribution is -0.133. The van der Waals surface area contributed by atoms with E-state index in [4.69, 9.17) is 28.9 Å².